The van der Waals surface area contributed by atoms with E-state index in [2.05, 4.69) is 20.3 Å². The summed E-state index contributed by atoms with van der Waals surface area (Å²) in [4.78, 5) is 16.5. The highest BCUT2D eigenvalue weighted by molar-refractivity contribution is 5.88. The van der Waals surface area contributed by atoms with Gasteiger partial charge in [-0.3, -0.25) is 0 Å². The highest BCUT2D eigenvalue weighted by Gasteiger charge is 2.30. The van der Waals surface area contributed by atoms with Crippen LogP contribution in [0.4, 0.5) is 17.6 Å². The van der Waals surface area contributed by atoms with Crippen molar-refractivity contribution in [2.24, 2.45) is 0 Å². The summed E-state index contributed by atoms with van der Waals surface area (Å²) in [6.07, 6.45) is 10.7. The number of methoxy groups -OCH3 is 3. The third-order valence-corrected chi connectivity index (χ3v) is 7.48. The number of aliphatic hydroxyl groups excluding tert-OH is 1. The van der Waals surface area contributed by atoms with Gasteiger partial charge in [0.15, 0.2) is 23.0 Å². The molecule has 0 amide bonds. The number of rotatable bonds is 9. The highest BCUT2D eigenvalue weighted by Crippen LogP contribution is 2.40. The molecule has 1 saturated carbocycles. The first-order valence-electron chi connectivity index (χ1n) is 12.9. The first-order chi connectivity index (χ1) is 18.6. The van der Waals surface area contributed by atoms with Gasteiger partial charge in [-0.05, 0) is 32.1 Å². The molecular weight excluding hydrogens is 488 g/mol. The van der Waals surface area contributed by atoms with Crippen molar-refractivity contribution in [1.29, 1.82) is 0 Å². The number of nitrogens with zero attached hydrogens (tertiary/aromatic N) is 7. The van der Waals surface area contributed by atoms with Crippen LogP contribution in [0.5, 0.6) is 17.2 Å². The van der Waals surface area contributed by atoms with Crippen LogP contribution in [0, 0.1) is 0 Å². The van der Waals surface area contributed by atoms with E-state index in [0.29, 0.717) is 35.1 Å². The minimum atomic E-state index is 0.0345. The van der Waals surface area contributed by atoms with Crippen LogP contribution in [0.25, 0.3) is 16.7 Å². The molecule has 6 rings (SSSR count). The molecule has 12 heteroatoms. The smallest absolute Gasteiger partial charge is 0.232 e. The minimum Gasteiger partial charge on any atom is -0.493 e. The molecule has 1 saturated heterocycles. The third kappa shape index (κ3) is 4.14. The Morgan fingerprint density at radius 3 is 2.47 bits per heavy atom. The molecule has 2 N–H and O–H groups in total. The van der Waals surface area contributed by atoms with Gasteiger partial charge in [0.1, 0.15) is 12.1 Å². The van der Waals surface area contributed by atoms with Gasteiger partial charge in [-0.1, -0.05) is 0 Å². The summed E-state index contributed by atoms with van der Waals surface area (Å²) in [5, 5.41) is 18.8. The molecule has 1 aliphatic carbocycles. The zero-order chi connectivity index (χ0) is 26.2. The average molecular weight is 521 g/mol. The van der Waals surface area contributed by atoms with E-state index in [0.717, 1.165) is 54.8 Å². The maximum Gasteiger partial charge on any atom is 0.232 e. The van der Waals surface area contributed by atoms with E-state index in [-0.39, 0.29) is 12.6 Å². The maximum absolute atomic E-state index is 9.97. The first kappa shape index (κ1) is 24.3. The van der Waals surface area contributed by atoms with Crippen molar-refractivity contribution in [3.63, 3.8) is 0 Å². The largest absolute Gasteiger partial charge is 0.493 e. The Labute approximate surface area is 220 Å². The molecule has 4 aromatic rings. The fourth-order valence-corrected chi connectivity index (χ4v) is 5.25. The first-order valence-corrected chi connectivity index (χ1v) is 12.9. The van der Waals surface area contributed by atoms with Crippen LogP contribution in [-0.2, 0) is 0 Å². The summed E-state index contributed by atoms with van der Waals surface area (Å²) in [7, 11) is 4.75. The summed E-state index contributed by atoms with van der Waals surface area (Å²) in [5.74, 6) is 3.45. The number of fused-ring (bicyclic) bond motifs is 1. The van der Waals surface area contributed by atoms with Gasteiger partial charge in [0.25, 0.3) is 0 Å². The Bertz CT molecular complexity index is 1420. The van der Waals surface area contributed by atoms with Crippen molar-refractivity contribution in [2.75, 3.05) is 44.7 Å². The molecule has 4 heterocycles. The number of imidazole rings is 1. The number of aliphatic hydroxyl groups is 1. The van der Waals surface area contributed by atoms with Gasteiger partial charge >= 0.3 is 0 Å². The van der Waals surface area contributed by atoms with Crippen LogP contribution in [0.2, 0.25) is 0 Å². The number of ether oxygens (including phenoxy) is 3. The fourth-order valence-electron chi connectivity index (χ4n) is 5.25. The summed E-state index contributed by atoms with van der Waals surface area (Å²) in [6.45, 7) is 0.922. The van der Waals surface area contributed by atoms with Crippen molar-refractivity contribution >= 4 is 28.6 Å². The van der Waals surface area contributed by atoms with E-state index in [1.807, 2.05) is 33.8 Å². The SMILES string of the molecule is COc1cc(-n2cnc(Nc3nc(N4CCCC4CO)c4cnn(C5CCC5)c4n3)c2)cc(OC)c1OC. The summed E-state index contributed by atoms with van der Waals surface area (Å²) in [6, 6.07) is 4.10. The monoisotopic (exact) mass is 520 g/mol. The molecule has 1 aromatic carbocycles. The predicted molar refractivity (Wildman–Crippen MR) is 142 cm³/mol. The molecule has 1 unspecified atom stereocenters. The molecule has 38 heavy (non-hydrogen) atoms. The minimum absolute atomic E-state index is 0.0345. The molecular formula is C26H32N8O4. The highest BCUT2D eigenvalue weighted by atomic mass is 16.5. The maximum atomic E-state index is 9.97. The van der Waals surface area contributed by atoms with Gasteiger partial charge in [0, 0.05) is 18.7 Å². The Hall–Kier alpha value is -4.06. The number of nitrogens with one attached hydrogen (secondary N) is 1. The van der Waals surface area contributed by atoms with E-state index in [1.54, 1.807) is 27.7 Å². The zero-order valence-corrected chi connectivity index (χ0v) is 21.8. The molecule has 0 bridgehead atoms. The van der Waals surface area contributed by atoms with E-state index in [9.17, 15) is 5.11 Å². The van der Waals surface area contributed by atoms with Gasteiger partial charge in [-0.2, -0.15) is 15.1 Å². The van der Waals surface area contributed by atoms with Crippen molar-refractivity contribution in [2.45, 2.75) is 44.2 Å². The average Bonchev–Trinajstić information content (AvgIpc) is 3.67. The second-order valence-electron chi connectivity index (χ2n) is 9.63. The Morgan fingerprint density at radius 1 is 1.03 bits per heavy atom. The van der Waals surface area contributed by atoms with E-state index >= 15 is 0 Å². The van der Waals surface area contributed by atoms with Gasteiger partial charge in [-0.15, -0.1) is 0 Å². The lowest BCUT2D eigenvalue weighted by molar-refractivity contribution is 0.266. The molecule has 200 valence electrons. The van der Waals surface area contributed by atoms with E-state index in [4.69, 9.17) is 24.2 Å². The zero-order valence-electron chi connectivity index (χ0n) is 21.8. The lowest BCUT2D eigenvalue weighted by Crippen LogP contribution is -2.33. The lowest BCUT2D eigenvalue weighted by atomic mass is 9.93. The standard InChI is InChI=1S/C26H32N8O4/c1-36-20-10-18(11-21(37-2)23(20)38-3)32-13-22(27-15-32)29-26-30-24(33-9-5-8-17(33)14-35)19-12-28-34(25(19)31-26)16-6-4-7-16/h10-13,15-17,35H,4-9,14H2,1-3H3,(H,29,30,31). The van der Waals surface area contributed by atoms with Crippen molar-refractivity contribution in [3.8, 4) is 22.9 Å². The van der Waals surface area contributed by atoms with E-state index < -0.39 is 0 Å². The molecule has 1 aliphatic heterocycles. The number of aromatic nitrogens is 6. The van der Waals surface area contributed by atoms with Gasteiger partial charge in [-0.25, -0.2) is 9.67 Å². The van der Waals surface area contributed by atoms with Crippen molar-refractivity contribution in [1.82, 2.24) is 29.3 Å². The van der Waals surface area contributed by atoms with Crippen LogP contribution in [0.1, 0.15) is 38.1 Å². The van der Waals surface area contributed by atoms with Crippen LogP contribution in [0.15, 0.2) is 30.9 Å². The van der Waals surface area contributed by atoms with Gasteiger partial charge in [0.2, 0.25) is 11.7 Å². The number of anilines is 3. The Kier molecular flexibility index (Phi) is 6.40. The molecule has 2 fully saturated rings. The molecule has 2 aliphatic rings. The van der Waals surface area contributed by atoms with Crippen LogP contribution >= 0.6 is 0 Å². The summed E-state index contributed by atoms with van der Waals surface area (Å²) < 4.78 is 20.3. The molecule has 1 atom stereocenters. The summed E-state index contributed by atoms with van der Waals surface area (Å²) in [5.41, 5.74) is 1.60. The fraction of sp³-hybridized carbons (Fsp3) is 0.462. The van der Waals surface area contributed by atoms with Crippen molar-refractivity contribution in [3.05, 3.63) is 30.9 Å². The lowest BCUT2D eigenvalue weighted by Gasteiger charge is -2.27. The van der Waals surface area contributed by atoms with Gasteiger partial charge < -0.3 is 34.1 Å². The second kappa shape index (κ2) is 10.0. The number of hydrogen-bond donors (Lipinski definition) is 2. The predicted octanol–water partition coefficient (Wildman–Crippen LogP) is 3.47. The normalized spacial score (nSPS) is 17.6. The molecule has 12 nitrogen and oxygen atoms in total. The van der Waals surface area contributed by atoms with Crippen LogP contribution in [0.3, 0.4) is 0 Å². The van der Waals surface area contributed by atoms with Gasteiger partial charge in [0.05, 0.1) is 63.5 Å². The molecule has 0 radical (unpaired) electrons. The quantitative estimate of drug-likeness (QED) is 0.339. The van der Waals surface area contributed by atoms with Crippen LogP contribution in [-0.4, -0.2) is 74.9 Å². The molecule has 3 aromatic heterocycles. The van der Waals surface area contributed by atoms with E-state index in [1.165, 1.54) is 6.42 Å². The second-order valence-corrected chi connectivity index (χ2v) is 9.63. The Balaban J connectivity index is 1.36. The topological polar surface area (TPSA) is 125 Å². The van der Waals surface area contributed by atoms with Crippen LogP contribution < -0.4 is 24.4 Å². The third-order valence-electron chi connectivity index (χ3n) is 7.48. The number of hydrogen-bond acceptors (Lipinski definition) is 10. The Morgan fingerprint density at radius 2 is 1.82 bits per heavy atom. The molecule has 0 spiro atoms. The summed E-state index contributed by atoms with van der Waals surface area (Å²) >= 11 is 0. The van der Waals surface area contributed by atoms with Crippen molar-refractivity contribution < 1.29 is 19.3 Å². The number of benzene rings is 1.